The maximum absolute atomic E-state index is 13.9. The van der Waals surface area contributed by atoms with Crippen molar-refractivity contribution in [1.29, 1.82) is 0 Å². The predicted molar refractivity (Wildman–Crippen MR) is 147 cm³/mol. The second-order valence-corrected chi connectivity index (χ2v) is 11.1. The van der Waals surface area contributed by atoms with Crippen molar-refractivity contribution in [3.05, 3.63) is 84.4 Å². The highest BCUT2D eigenvalue weighted by Gasteiger charge is 2.33. The minimum absolute atomic E-state index is 0.0561. The van der Waals surface area contributed by atoms with Gasteiger partial charge in [0.25, 0.3) is 15.9 Å². The first-order chi connectivity index (χ1) is 20.0. The lowest BCUT2D eigenvalue weighted by Gasteiger charge is -2.25. The molecule has 0 atom stereocenters. The monoisotopic (exact) mass is 606 g/mol. The van der Waals surface area contributed by atoms with Crippen LogP contribution in [0.15, 0.2) is 83.8 Å². The smallest absolute Gasteiger partial charge is 0.406 e. The third-order valence-corrected chi connectivity index (χ3v) is 7.93. The highest BCUT2D eigenvalue weighted by Crippen LogP contribution is 2.30. The van der Waals surface area contributed by atoms with Gasteiger partial charge in [-0.25, -0.2) is 0 Å². The Labute approximate surface area is 240 Å². The van der Waals surface area contributed by atoms with Gasteiger partial charge >= 0.3 is 6.36 Å². The Morgan fingerprint density at radius 1 is 0.881 bits per heavy atom. The lowest BCUT2D eigenvalue weighted by Crippen LogP contribution is -2.41. The lowest BCUT2D eigenvalue weighted by molar-refractivity contribution is -0.274. The normalized spacial score (nSPS) is 14.1. The number of anilines is 1. The van der Waals surface area contributed by atoms with Crippen molar-refractivity contribution in [1.82, 2.24) is 16.0 Å². The number of nitrogens with one attached hydrogen (secondary N) is 3. The summed E-state index contributed by atoms with van der Waals surface area (Å²) in [5.41, 5.74) is -0.178. The van der Waals surface area contributed by atoms with Crippen LogP contribution in [0.2, 0.25) is 0 Å². The van der Waals surface area contributed by atoms with E-state index in [1.165, 1.54) is 36.4 Å². The van der Waals surface area contributed by atoms with E-state index in [0.717, 1.165) is 50.2 Å². The van der Waals surface area contributed by atoms with Gasteiger partial charge in [0.15, 0.2) is 5.75 Å². The summed E-state index contributed by atoms with van der Waals surface area (Å²) in [7, 11) is -4.60. The number of rotatable bonds is 11. The fourth-order valence-corrected chi connectivity index (χ4v) is 5.67. The Balaban J connectivity index is 1.52. The Bertz CT molecular complexity index is 1460. The number of amides is 2. The van der Waals surface area contributed by atoms with Gasteiger partial charge in [0.05, 0.1) is 17.8 Å². The molecule has 0 saturated carbocycles. The Morgan fingerprint density at radius 3 is 2.17 bits per heavy atom. The molecule has 1 fully saturated rings. The second kappa shape index (κ2) is 13.6. The summed E-state index contributed by atoms with van der Waals surface area (Å²) in [6, 6.07) is 17.2. The first-order valence-corrected chi connectivity index (χ1v) is 14.5. The van der Waals surface area contributed by atoms with Crippen molar-refractivity contribution < 1.29 is 40.8 Å². The first kappa shape index (κ1) is 30.7. The fourth-order valence-electron chi connectivity index (χ4n) is 4.22. The molecule has 0 spiro atoms. The van der Waals surface area contributed by atoms with Gasteiger partial charge in [0.2, 0.25) is 5.91 Å². The van der Waals surface area contributed by atoms with Crippen molar-refractivity contribution in [3.8, 4) is 11.5 Å². The molecule has 1 saturated heterocycles. The molecule has 3 aromatic carbocycles. The van der Waals surface area contributed by atoms with Crippen LogP contribution < -0.4 is 30.0 Å². The van der Waals surface area contributed by atoms with Gasteiger partial charge < -0.3 is 25.5 Å². The molecule has 0 radical (unpaired) electrons. The van der Waals surface area contributed by atoms with Crippen LogP contribution in [0.3, 0.4) is 0 Å². The van der Waals surface area contributed by atoms with Gasteiger partial charge in [-0.1, -0.05) is 34.8 Å². The standard InChI is InChI=1S/C28H29F3N4O6S/c29-28(30,31)40-22-10-12-23(13-11-22)41-35(21-6-2-1-3-7-21)42(38,39)25-9-5-4-8-24(25)27(37)34-19-26(36)33-18-20-14-16-32-17-15-20/h1-13,20,32H,14-19H2,(H,33,36)(H,34,37). The molecular formula is C28H29F3N4O6S. The minimum Gasteiger partial charge on any atom is -0.406 e. The summed E-state index contributed by atoms with van der Waals surface area (Å²) in [6.07, 6.45) is -3.04. The van der Waals surface area contributed by atoms with Gasteiger partial charge in [-0.15, -0.1) is 13.2 Å². The van der Waals surface area contributed by atoms with Crippen LogP contribution in [-0.4, -0.2) is 52.8 Å². The summed E-state index contributed by atoms with van der Waals surface area (Å²) >= 11 is 0. The first-order valence-electron chi connectivity index (χ1n) is 13.0. The van der Waals surface area contributed by atoms with E-state index in [0.29, 0.717) is 16.9 Å². The number of sulfonamides is 1. The maximum atomic E-state index is 13.9. The van der Waals surface area contributed by atoms with E-state index in [4.69, 9.17) is 4.84 Å². The van der Waals surface area contributed by atoms with E-state index < -0.39 is 38.8 Å². The summed E-state index contributed by atoms with van der Waals surface area (Å²) in [4.78, 5) is 30.6. The highest BCUT2D eigenvalue weighted by molar-refractivity contribution is 7.92. The number of hydrogen-bond acceptors (Lipinski definition) is 7. The van der Waals surface area contributed by atoms with E-state index in [-0.39, 0.29) is 23.5 Å². The van der Waals surface area contributed by atoms with Gasteiger partial charge in [0.1, 0.15) is 10.6 Å². The van der Waals surface area contributed by atoms with Crippen molar-refractivity contribution in [3.63, 3.8) is 0 Å². The van der Waals surface area contributed by atoms with Crippen molar-refractivity contribution >= 4 is 27.5 Å². The highest BCUT2D eigenvalue weighted by atomic mass is 32.2. The quantitative estimate of drug-likeness (QED) is 0.285. The minimum atomic E-state index is -4.90. The van der Waals surface area contributed by atoms with Crippen LogP contribution >= 0.6 is 0 Å². The average molecular weight is 607 g/mol. The van der Waals surface area contributed by atoms with E-state index >= 15 is 0 Å². The molecule has 3 N–H and O–H groups in total. The van der Waals surface area contributed by atoms with E-state index in [9.17, 15) is 31.2 Å². The number of hydrogen-bond donors (Lipinski definition) is 3. The summed E-state index contributed by atoms with van der Waals surface area (Å²) in [5.74, 6) is -1.51. The molecule has 1 heterocycles. The zero-order chi connectivity index (χ0) is 30.2. The van der Waals surface area contributed by atoms with Crippen molar-refractivity contribution in [2.75, 3.05) is 30.6 Å². The summed E-state index contributed by atoms with van der Waals surface area (Å²) in [5, 5.41) is 8.49. The SMILES string of the molecule is O=C(CNC(=O)c1ccccc1S(=O)(=O)N(Oc1ccc(OC(F)(F)F)cc1)c1ccccc1)NCC1CCNCC1. The molecule has 14 heteroatoms. The lowest BCUT2D eigenvalue weighted by atomic mass is 9.98. The molecule has 0 aliphatic carbocycles. The zero-order valence-electron chi connectivity index (χ0n) is 22.3. The molecule has 1 aliphatic rings. The number of nitrogens with zero attached hydrogens (tertiary/aromatic N) is 1. The van der Waals surface area contributed by atoms with Crippen LogP contribution in [0.5, 0.6) is 11.5 Å². The number of carbonyl (C=O) groups is 2. The second-order valence-electron chi connectivity index (χ2n) is 9.35. The number of benzene rings is 3. The zero-order valence-corrected chi connectivity index (χ0v) is 23.1. The van der Waals surface area contributed by atoms with Crippen LogP contribution in [0.1, 0.15) is 23.2 Å². The van der Waals surface area contributed by atoms with Gasteiger partial charge in [-0.3, -0.25) is 9.59 Å². The van der Waals surface area contributed by atoms with E-state index in [2.05, 4.69) is 20.7 Å². The summed E-state index contributed by atoms with van der Waals surface area (Å²) in [6.45, 7) is 1.88. The Kier molecular flexibility index (Phi) is 9.91. The molecule has 1 aliphatic heterocycles. The average Bonchev–Trinajstić information content (AvgIpc) is 2.98. The maximum Gasteiger partial charge on any atom is 0.573 e. The molecule has 2 amide bonds. The summed E-state index contributed by atoms with van der Waals surface area (Å²) < 4.78 is 69.8. The van der Waals surface area contributed by atoms with Crippen LogP contribution in [-0.2, 0) is 14.8 Å². The molecule has 0 unspecified atom stereocenters. The molecule has 3 aromatic rings. The number of alkyl halides is 3. The predicted octanol–water partition coefficient (Wildman–Crippen LogP) is 3.62. The molecule has 42 heavy (non-hydrogen) atoms. The molecule has 0 bridgehead atoms. The molecule has 4 rings (SSSR count). The largest absolute Gasteiger partial charge is 0.573 e. The van der Waals surface area contributed by atoms with Crippen LogP contribution in [0.4, 0.5) is 18.9 Å². The number of halogens is 3. The van der Waals surface area contributed by atoms with Gasteiger partial charge in [-0.05, 0) is 80.4 Å². The third-order valence-electron chi connectivity index (χ3n) is 6.30. The Morgan fingerprint density at radius 2 is 1.50 bits per heavy atom. The number of ether oxygens (including phenoxy) is 1. The fraction of sp³-hybridized carbons (Fsp3) is 0.286. The van der Waals surface area contributed by atoms with Crippen molar-refractivity contribution in [2.45, 2.75) is 24.1 Å². The van der Waals surface area contributed by atoms with Gasteiger partial charge in [0, 0.05) is 6.54 Å². The Hall–Kier alpha value is -4.30. The molecular weight excluding hydrogens is 577 g/mol. The molecule has 10 nitrogen and oxygen atoms in total. The number of piperidine rings is 1. The number of carbonyl (C=O) groups excluding carboxylic acids is 2. The van der Waals surface area contributed by atoms with E-state index in [1.807, 2.05) is 0 Å². The molecule has 224 valence electrons. The van der Waals surface area contributed by atoms with Crippen LogP contribution in [0, 0.1) is 5.92 Å². The van der Waals surface area contributed by atoms with Crippen molar-refractivity contribution in [2.24, 2.45) is 5.92 Å². The number of para-hydroxylation sites is 1. The van der Waals surface area contributed by atoms with Crippen LogP contribution in [0.25, 0.3) is 0 Å². The topological polar surface area (TPSA) is 126 Å². The third kappa shape index (κ3) is 8.36. The van der Waals surface area contributed by atoms with Gasteiger partial charge in [-0.2, -0.15) is 8.42 Å². The van der Waals surface area contributed by atoms with E-state index in [1.54, 1.807) is 18.2 Å². The molecule has 0 aromatic heterocycles.